The molecule has 0 spiro atoms. The molecule has 1 amide bonds. The number of benzene rings is 1. The normalized spacial score (nSPS) is 17.9. The van der Waals surface area contributed by atoms with E-state index in [0.29, 0.717) is 62.2 Å². The highest BCUT2D eigenvalue weighted by Gasteiger charge is 2.38. The minimum absolute atomic E-state index is 0.0535. The zero-order chi connectivity index (χ0) is 24.6. The maximum Gasteiger partial charge on any atom is 0.309 e. The van der Waals surface area contributed by atoms with Crippen molar-refractivity contribution in [3.63, 3.8) is 0 Å². The lowest BCUT2D eigenvalue weighted by molar-refractivity contribution is -0.149. The molecule has 2 heterocycles. The number of nitrogens with zero attached hydrogens (tertiary/aromatic N) is 2. The number of carbonyl (C=O) groups is 3. The van der Waals surface area contributed by atoms with Gasteiger partial charge < -0.3 is 9.64 Å². The van der Waals surface area contributed by atoms with Gasteiger partial charge >= 0.3 is 5.97 Å². The zero-order valence-corrected chi connectivity index (χ0v) is 20.3. The molecule has 0 bridgehead atoms. The van der Waals surface area contributed by atoms with Crippen molar-refractivity contribution in [3.8, 4) is 5.69 Å². The van der Waals surface area contributed by atoms with Gasteiger partial charge in [-0.1, -0.05) is 31.5 Å². The Morgan fingerprint density at radius 1 is 1.06 bits per heavy atom. The largest absolute Gasteiger partial charge is 0.466 e. The van der Waals surface area contributed by atoms with Crippen molar-refractivity contribution >= 4 is 17.7 Å². The van der Waals surface area contributed by atoms with Crippen LogP contribution in [0, 0.1) is 18.3 Å². The number of pyridine rings is 1. The third-order valence-corrected chi connectivity index (χ3v) is 6.84. The predicted molar refractivity (Wildman–Crippen MR) is 128 cm³/mol. The van der Waals surface area contributed by atoms with Crippen LogP contribution >= 0.6 is 0 Å². The van der Waals surface area contributed by atoms with Gasteiger partial charge in [-0.15, -0.1) is 0 Å². The van der Waals surface area contributed by atoms with Crippen LogP contribution in [0.3, 0.4) is 0 Å². The van der Waals surface area contributed by atoms with Crippen LogP contribution in [0.2, 0.25) is 0 Å². The van der Waals surface area contributed by atoms with Gasteiger partial charge in [0.05, 0.1) is 12.5 Å². The minimum atomic E-state index is -0.411. The van der Waals surface area contributed by atoms with Gasteiger partial charge in [0, 0.05) is 37.0 Å². The van der Waals surface area contributed by atoms with Crippen molar-refractivity contribution in [2.24, 2.45) is 11.3 Å². The average Bonchev–Trinajstić information content (AvgIpc) is 2.79. The van der Waals surface area contributed by atoms with Gasteiger partial charge in [-0.2, -0.15) is 0 Å². The summed E-state index contributed by atoms with van der Waals surface area (Å²) < 4.78 is 6.55. The van der Waals surface area contributed by atoms with Gasteiger partial charge in [-0.05, 0) is 56.2 Å². The number of Topliss-reactive ketones (excluding diaryl/α,β-unsaturated/α-hetero) is 1. The van der Waals surface area contributed by atoms with E-state index in [0.717, 1.165) is 5.56 Å². The summed E-state index contributed by atoms with van der Waals surface area (Å²) in [6.07, 6.45) is 3.44. The highest BCUT2D eigenvalue weighted by Crippen LogP contribution is 2.36. The van der Waals surface area contributed by atoms with Crippen LogP contribution in [0.5, 0.6) is 0 Å². The molecule has 1 aliphatic carbocycles. The number of carbonyl (C=O) groups excluding carboxylic acids is 3. The number of hydrogen-bond acceptors (Lipinski definition) is 5. The summed E-state index contributed by atoms with van der Waals surface area (Å²) in [6.45, 7) is 8.77. The second-order valence-corrected chi connectivity index (χ2v) is 10.2. The van der Waals surface area contributed by atoms with Crippen LogP contribution in [-0.4, -0.2) is 46.8 Å². The zero-order valence-electron chi connectivity index (χ0n) is 20.3. The van der Waals surface area contributed by atoms with Gasteiger partial charge in [0.15, 0.2) is 5.78 Å². The fourth-order valence-electron chi connectivity index (χ4n) is 5.00. The quantitative estimate of drug-likeness (QED) is 0.644. The van der Waals surface area contributed by atoms with E-state index in [2.05, 4.69) is 0 Å². The summed E-state index contributed by atoms with van der Waals surface area (Å²) in [6, 6.07) is 7.43. The Hall–Kier alpha value is -3.22. The summed E-state index contributed by atoms with van der Waals surface area (Å²) in [7, 11) is 0. The molecule has 0 radical (unpaired) electrons. The van der Waals surface area contributed by atoms with E-state index in [9.17, 15) is 19.2 Å². The topological polar surface area (TPSA) is 85.7 Å². The summed E-state index contributed by atoms with van der Waals surface area (Å²) in [5.74, 6) is -0.892. The van der Waals surface area contributed by atoms with E-state index in [1.807, 2.05) is 45.0 Å². The number of hydrogen-bond donors (Lipinski definition) is 0. The molecule has 1 aliphatic heterocycles. The average molecular weight is 465 g/mol. The Labute approximate surface area is 199 Å². The Balaban J connectivity index is 1.76. The molecule has 4 rings (SSSR count). The summed E-state index contributed by atoms with van der Waals surface area (Å²) in [5, 5.41) is 0. The highest BCUT2D eigenvalue weighted by atomic mass is 16.5. The molecule has 180 valence electrons. The van der Waals surface area contributed by atoms with Crippen LogP contribution in [0.4, 0.5) is 0 Å². The lowest BCUT2D eigenvalue weighted by Crippen LogP contribution is -2.44. The number of aromatic nitrogens is 1. The third kappa shape index (κ3) is 4.56. The minimum Gasteiger partial charge on any atom is -0.466 e. The van der Waals surface area contributed by atoms with Gasteiger partial charge in [0.25, 0.3) is 11.5 Å². The number of rotatable bonds is 4. The van der Waals surface area contributed by atoms with E-state index in [1.165, 1.54) is 4.57 Å². The van der Waals surface area contributed by atoms with Crippen LogP contribution < -0.4 is 5.56 Å². The number of aryl methyl sites for hydroxylation is 1. The van der Waals surface area contributed by atoms with Gasteiger partial charge in [-0.25, -0.2) is 0 Å². The van der Waals surface area contributed by atoms with E-state index in [1.54, 1.807) is 18.0 Å². The Morgan fingerprint density at radius 3 is 2.32 bits per heavy atom. The maximum atomic E-state index is 13.7. The van der Waals surface area contributed by atoms with E-state index in [-0.39, 0.29) is 34.6 Å². The van der Waals surface area contributed by atoms with Gasteiger partial charge in [0.2, 0.25) is 0 Å². The van der Waals surface area contributed by atoms with Crippen LogP contribution in [0.15, 0.2) is 35.3 Å². The number of likely N-dealkylation sites (tertiary alicyclic amines) is 1. The van der Waals surface area contributed by atoms with Gasteiger partial charge in [-0.3, -0.25) is 23.7 Å². The molecule has 1 saturated heterocycles. The smallest absolute Gasteiger partial charge is 0.309 e. The molecule has 0 saturated carbocycles. The number of ether oxygens (including phenoxy) is 1. The molecule has 0 N–H and O–H groups in total. The summed E-state index contributed by atoms with van der Waals surface area (Å²) in [4.78, 5) is 54.3. The number of amides is 1. The lowest BCUT2D eigenvalue weighted by Gasteiger charge is -2.34. The molecule has 2 aliphatic rings. The van der Waals surface area contributed by atoms with Crippen LogP contribution in [-0.2, 0) is 16.0 Å². The second-order valence-electron chi connectivity index (χ2n) is 10.2. The van der Waals surface area contributed by atoms with Crippen molar-refractivity contribution in [3.05, 3.63) is 63.1 Å². The number of esters is 1. The first-order chi connectivity index (χ1) is 16.1. The molecule has 7 nitrogen and oxygen atoms in total. The van der Waals surface area contributed by atoms with Crippen LogP contribution in [0.25, 0.3) is 5.69 Å². The Bertz CT molecular complexity index is 1180. The first-order valence-electron chi connectivity index (χ1n) is 12.0. The molecule has 1 fully saturated rings. The summed E-state index contributed by atoms with van der Waals surface area (Å²) in [5.41, 5.74) is 1.99. The lowest BCUT2D eigenvalue weighted by atomic mass is 9.73. The van der Waals surface area contributed by atoms with Crippen LogP contribution in [0.1, 0.15) is 71.9 Å². The molecule has 1 aromatic heterocycles. The first-order valence-corrected chi connectivity index (χ1v) is 12.0. The van der Waals surface area contributed by atoms with Crippen molar-refractivity contribution in [1.29, 1.82) is 0 Å². The molecule has 0 unspecified atom stereocenters. The van der Waals surface area contributed by atoms with E-state index >= 15 is 0 Å². The SMILES string of the molecule is CCOC(=O)C1CCN(C(=O)c2c3c(cn(-c4ccc(C)cc4)c2=O)C(=O)CC(C)(C)C3)CC1. The predicted octanol–water partition coefficient (Wildman–Crippen LogP) is 3.72. The van der Waals surface area contributed by atoms with E-state index < -0.39 is 5.56 Å². The maximum absolute atomic E-state index is 13.7. The number of piperidine rings is 1. The molecule has 0 atom stereocenters. The number of ketones is 1. The molecular formula is C27H32N2O5. The molecule has 2 aromatic rings. The fourth-order valence-corrected chi connectivity index (χ4v) is 5.00. The monoisotopic (exact) mass is 464 g/mol. The fraction of sp³-hybridized carbons (Fsp3) is 0.481. The van der Waals surface area contributed by atoms with E-state index in [4.69, 9.17) is 4.74 Å². The van der Waals surface area contributed by atoms with Crippen molar-refractivity contribution < 1.29 is 19.1 Å². The Kier molecular flexibility index (Phi) is 6.47. The number of fused-ring (bicyclic) bond motifs is 1. The molecular weight excluding hydrogens is 432 g/mol. The van der Waals surface area contributed by atoms with Crippen molar-refractivity contribution in [1.82, 2.24) is 9.47 Å². The molecule has 34 heavy (non-hydrogen) atoms. The molecule has 1 aromatic carbocycles. The highest BCUT2D eigenvalue weighted by molar-refractivity contribution is 6.04. The van der Waals surface area contributed by atoms with Crippen molar-refractivity contribution in [2.75, 3.05) is 19.7 Å². The standard InChI is InChI=1S/C27H32N2O5/c1-5-34-26(33)18-10-12-28(13-11-18)24(31)23-20-14-27(3,4)15-22(30)21(20)16-29(25(23)32)19-8-6-17(2)7-9-19/h6-9,16,18H,5,10-15H2,1-4H3. The third-order valence-electron chi connectivity index (χ3n) is 6.84. The van der Waals surface area contributed by atoms with Crippen molar-refractivity contribution in [2.45, 2.75) is 53.4 Å². The van der Waals surface area contributed by atoms with Gasteiger partial charge in [0.1, 0.15) is 5.56 Å². The first kappa shape index (κ1) is 23.9. The molecule has 7 heteroatoms. The Morgan fingerprint density at radius 2 is 1.71 bits per heavy atom. The second kappa shape index (κ2) is 9.20. The summed E-state index contributed by atoms with van der Waals surface area (Å²) >= 11 is 0.